The Morgan fingerprint density at radius 2 is 0.833 bits per heavy atom. The molecule has 310 valence electrons. The lowest BCUT2D eigenvalue weighted by Crippen LogP contribution is -2.28. The van der Waals surface area contributed by atoms with E-state index in [-0.39, 0.29) is 25.6 Å². The molecule has 1 unspecified atom stereocenters. The zero-order valence-corrected chi connectivity index (χ0v) is 35.2. The lowest BCUT2D eigenvalue weighted by atomic mass is 10.0. The molecule has 1 atom stereocenters. The summed E-state index contributed by atoms with van der Waals surface area (Å²) >= 11 is 0. The van der Waals surface area contributed by atoms with E-state index in [1.807, 2.05) is 12.2 Å². The van der Waals surface area contributed by atoms with Crippen molar-refractivity contribution in [1.82, 2.24) is 0 Å². The molecule has 0 saturated carbocycles. The highest BCUT2D eigenvalue weighted by molar-refractivity contribution is 5.70. The fourth-order valence-electron chi connectivity index (χ4n) is 6.13. The largest absolute Gasteiger partial charge is 0.462 e. The molecule has 0 aromatic heterocycles. The first-order valence-corrected chi connectivity index (χ1v) is 22.5. The predicted octanol–water partition coefficient (Wildman–Crippen LogP) is 14.5. The number of ether oxygens (including phenoxy) is 2. The highest BCUT2D eigenvalue weighted by Crippen LogP contribution is 2.15. The van der Waals surface area contributed by atoms with Crippen LogP contribution >= 0.6 is 0 Å². The molecule has 5 heteroatoms. The summed E-state index contributed by atoms with van der Waals surface area (Å²) in [6.07, 6.45) is 60.0. The van der Waals surface area contributed by atoms with Gasteiger partial charge in [0.15, 0.2) is 6.10 Å². The molecule has 0 aliphatic heterocycles. The normalized spacial score (nSPS) is 12.9. The van der Waals surface area contributed by atoms with Crippen molar-refractivity contribution < 1.29 is 24.2 Å². The van der Waals surface area contributed by atoms with E-state index in [0.717, 1.165) is 51.4 Å². The van der Waals surface area contributed by atoms with Crippen molar-refractivity contribution in [2.24, 2.45) is 0 Å². The van der Waals surface area contributed by atoms with E-state index >= 15 is 0 Å². The molecule has 0 bridgehead atoms. The van der Waals surface area contributed by atoms with Crippen LogP contribution in [0.4, 0.5) is 0 Å². The first kappa shape index (κ1) is 51.3. The average Bonchev–Trinajstić information content (AvgIpc) is 3.17. The molecule has 0 rings (SSSR count). The molecule has 1 N–H and O–H groups in total. The Morgan fingerprint density at radius 3 is 1.28 bits per heavy atom. The van der Waals surface area contributed by atoms with Crippen molar-refractivity contribution in [3.05, 3.63) is 72.9 Å². The van der Waals surface area contributed by atoms with Crippen LogP contribution in [-0.2, 0) is 19.1 Å². The van der Waals surface area contributed by atoms with Crippen molar-refractivity contribution in [2.45, 2.75) is 213 Å². The second-order valence-corrected chi connectivity index (χ2v) is 14.7. The summed E-state index contributed by atoms with van der Waals surface area (Å²) in [4.78, 5) is 24.3. The summed E-state index contributed by atoms with van der Waals surface area (Å²) in [6.45, 7) is 3.95. The smallest absolute Gasteiger partial charge is 0.306 e. The Morgan fingerprint density at radius 1 is 0.444 bits per heavy atom. The predicted molar refractivity (Wildman–Crippen MR) is 233 cm³/mol. The summed E-state index contributed by atoms with van der Waals surface area (Å²) in [5.41, 5.74) is 0. The SMILES string of the molecule is CC/C=C\C/C=C\C/C=C\C/C=C\CCC(=O)OC(CO)COC(=O)CCCCCCCCCCCCCCCCC/C=C\C/C=C\CCCCCCC. The third-order valence-electron chi connectivity index (χ3n) is 9.50. The molecule has 0 radical (unpaired) electrons. The number of unbranched alkanes of at least 4 members (excludes halogenated alkanes) is 20. The minimum atomic E-state index is -0.811. The van der Waals surface area contributed by atoms with E-state index in [1.165, 1.54) is 122 Å². The summed E-state index contributed by atoms with van der Waals surface area (Å²) in [5, 5.41) is 9.55. The van der Waals surface area contributed by atoms with Crippen molar-refractivity contribution in [1.29, 1.82) is 0 Å². The minimum absolute atomic E-state index is 0.0965. The molecule has 0 aliphatic carbocycles. The van der Waals surface area contributed by atoms with Gasteiger partial charge in [0.25, 0.3) is 0 Å². The highest BCUT2D eigenvalue weighted by Gasteiger charge is 2.15. The zero-order valence-electron chi connectivity index (χ0n) is 35.2. The molecule has 0 heterocycles. The van der Waals surface area contributed by atoms with Gasteiger partial charge in [-0.1, -0.05) is 196 Å². The molecular weight excluding hydrogens is 669 g/mol. The van der Waals surface area contributed by atoms with Gasteiger partial charge in [-0.25, -0.2) is 0 Å². The van der Waals surface area contributed by atoms with Gasteiger partial charge in [-0.05, 0) is 70.6 Å². The molecule has 54 heavy (non-hydrogen) atoms. The number of aliphatic hydroxyl groups excluding tert-OH is 1. The van der Waals surface area contributed by atoms with Crippen molar-refractivity contribution in [2.75, 3.05) is 13.2 Å². The molecule has 0 spiro atoms. The lowest BCUT2D eigenvalue weighted by molar-refractivity contribution is -0.161. The number of esters is 2. The second-order valence-electron chi connectivity index (χ2n) is 14.7. The van der Waals surface area contributed by atoms with Crippen LogP contribution in [0.2, 0.25) is 0 Å². The Labute approximate surface area is 333 Å². The van der Waals surface area contributed by atoms with E-state index in [1.54, 1.807) is 0 Å². The summed E-state index contributed by atoms with van der Waals surface area (Å²) in [6, 6.07) is 0. The Hall–Kier alpha value is -2.66. The van der Waals surface area contributed by atoms with E-state index in [9.17, 15) is 14.7 Å². The number of rotatable bonds is 40. The Balaban J connectivity index is 3.53. The molecule has 0 amide bonds. The number of allylic oxidation sites excluding steroid dienone is 12. The second kappa shape index (κ2) is 44.7. The van der Waals surface area contributed by atoms with Crippen molar-refractivity contribution in [3.63, 3.8) is 0 Å². The number of aliphatic hydroxyl groups is 1. The van der Waals surface area contributed by atoms with Crippen LogP contribution in [0.1, 0.15) is 206 Å². The first-order valence-electron chi connectivity index (χ1n) is 22.5. The molecule has 0 aliphatic rings. The average molecular weight is 753 g/mol. The van der Waals surface area contributed by atoms with Crippen LogP contribution in [0.15, 0.2) is 72.9 Å². The van der Waals surface area contributed by atoms with Gasteiger partial charge in [-0.3, -0.25) is 9.59 Å². The van der Waals surface area contributed by atoms with E-state index < -0.39 is 12.1 Å². The van der Waals surface area contributed by atoms with E-state index in [4.69, 9.17) is 9.47 Å². The van der Waals surface area contributed by atoms with Gasteiger partial charge in [-0.15, -0.1) is 0 Å². The minimum Gasteiger partial charge on any atom is -0.462 e. The third-order valence-corrected chi connectivity index (χ3v) is 9.50. The maximum absolute atomic E-state index is 12.1. The van der Waals surface area contributed by atoms with Crippen LogP contribution in [0.3, 0.4) is 0 Å². The molecule has 5 nitrogen and oxygen atoms in total. The van der Waals surface area contributed by atoms with Crippen LogP contribution in [-0.4, -0.2) is 36.4 Å². The quantitative estimate of drug-likeness (QED) is 0.0383. The number of carbonyl (C=O) groups is 2. The lowest BCUT2D eigenvalue weighted by Gasteiger charge is -2.15. The molecule has 0 saturated heterocycles. The topological polar surface area (TPSA) is 72.8 Å². The van der Waals surface area contributed by atoms with E-state index in [0.29, 0.717) is 12.8 Å². The summed E-state index contributed by atoms with van der Waals surface area (Å²) in [5.74, 6) is -0.686. The van der Waals surface area contributed by atoms with Gasteiger partial charge in [0, 0.05) is 12.8 Å². The summed E-state index contributed by atoms with van der Waals surface area (Å²) < 4.78 is 10.6. The number of hydrogen-bond donors (Lipinski definition) is 1. The molecular formula is C49H84O5. The van der Waals surface area contributed by atoms with Crippen molar-refractivity contribution >= 4 is 11.9 Å². The van der Waals surface area contributed by atoms with Gasteiger partial charge < -0.3 is 14.6 Å². The monoisotopic (exact) mass is 753 g/mol. The summed E-state index contributed by atoms with van der Waals surface area (Å²) in [7, 11) is 0. The zero-order chi connectivity index (χ0) is 39.3. The van der Waals surface area contributed by atoms with Gasteiger partial charge in [0.05, 0.1) is 6.61 Å². The standard InChI is InChI=1S/C49H84O5/c1-3-5-7-9-11-13-15-17-18-19-20-21-22-23-24-25-26-27-28-29-30-32-33-35-37-39-41-43-48(51)53-46-47(45-50)54-49(52)44-42-40-38-36-34-31-16-14-12-10-8-6-4-2/h6,8,12,14-15,17,19-20,31,34,38,40,47,50H,3-5,7,9-11,13,16,18,21-30,32-33,35-37,39,41-46H2,1-2H3/b8-6-,14-12-,17-15-,20-19-,34-31-,40-38-. The molecule has 0 aromatic carbocycles. The number of hydrogen-bond acceptors (Lipinski definition) is 5. The molecule has 0 fully saturated rings. The maximum atomic E-state index is 12.1. The van der Waals surface area contributed by atoms with Gasteiger partial charge >= 0.3 is 11.9 Å². The van der Waals surface area contributed by atoms with Gasteiger partial charge in [-0.2, -0.15) is 0 Å². The number of carbonyl (C=O) groups excluding carboxylic acids is 2. The Bertz CT molecular complexity index is 988. The van der Waals surface area contributed by atoms with Crippen LogP contribution in [0.25, 0.3) is 0 Å². The fourth-order valence-corrected chi connectivity index (χ4v) is 6.13. The third kappa shape index (κ3) is 42.1. The van der Waals surface area contributed by atoms with Crippen molar-refractivity contribution in [3.8, 4) is 0 Å². The van der Waals surface area contributed by atoms with Gasteiger partial charge in [0.2, 0.25) is 0 Å². The molecule has 0 aromatic rings. The van der Waals surface area contributed by atoms with Crippen LogP contribution in [0, 0.1) is 0 Å². The van der Waals surface area contributed by atoms with Crippen LogP contribution < -0.4 is 0 Å². The van der Waals surface area contributed by atoms with Gasteiger partial charge in [0.1, 0.15) is 6.61 Å². The van der Waals surface area contributed by atoms with E-state index in [2.05, 4.69) is 74.6 Å². The maximum Gasteiger partial charge on any atom is 0.306 e. The first-order chi connectivity index (χ1) is 26.6. The fraction of sp³-hybridized carbons (Fsp3) is 0.714. The van der Waals surface area contributed by atoms with Crippen LogP contribution in [0.5, 0.6) is 0 Å². The Kier molecular flexibility index (Phi) is 42.5. The highest BCUT2D eigenvalue weighted by atomic mass is 16.6.